The fraction of sp³-hybridized carbons (Fsp3) is 0.267. The van der Waals surface area contributed by atoms with Gasteiger partial charge >= 0.3 is 5.97 Å². The molecule has 1 fully saturated rings. The van der Waals surface area contributed by atoms with Gasteiger partial charge in [-0.25, -0.2) is 9.78 Å². The fourth-order valence-electron chi connectivity index (χ4n) is 5.22. The number of hydrazone groups is 1. The molecule has 2 aliphatic rings. The van der Waals surface area contributed by atoms with Crippen LogP contribution in [0.5, 0.6) is 5.88 Å². The van der Waals surface area contributed by atoms with Crippen molar-refractivity contribution < 1.29 is 28.2 Å². The number of imidazole rings is 1. The smallest absolute Gasteiger partial charge is 0.335 e. The van der Waals surface area contributed by atoms with Crippen LogP contribution in [0.2, 0.25) is 5.02 Å². The first-order valence-electron chi connectivity index (χ1n) is 13.8. The third kappa shape index (κ3) is 5.46. The van der Waals surface area contributed by atoms with Gasteiger partial charge in [0.25, 0.3) is 6.01 Å². The van der Waals surface area contributed by atoms with Crippen molar-refractivity contribution in [3.8, 4) is 5.88 Å². The van der Waals surface area contributed by atoms with Gasteiger partial charge in [0.2, 0.25) is 5.88 Å². The Balaban J connectivity index is 1.05. The molecule has 0 bridgehead atoms. The number of fused-ring (bicyclic) bond motifs is 2. The summed E-state index contributed by atoms with van der Waals surface area (Å²) in [4.78, 5) is 22.9. The Hall–Kier alpha value is -4.68. The number of ether oxygens (including phenoxy) is 2. The molecule has 2 aromatic carbocycles. The van der Waals surface area contributed by atoms with Crippen molar-refractivity contribution in [1.82, 2.24) is 19.5 Å². The van der Waals surface area contributed by atoms with E-state index in [9.17, 15) is 14.3 Å². The lowest BCUT2D eigenvalue weighted by molar-refractivity contribution is -0.0592. The van der Waals surface area contributed by atoms with Crippen LogP contribution in [0, 0.1) is 6.01 Å². The number of pyridine rings is 1. The normalized spacial score (nSPS) is 16.7. The Morgan fingerprint density at radius 1 is 1.14 bits per heavy atom. The lowest BCUT2D eigenvalue weighted by Gasteiger charge is -2.30. The Kier molecular flexibility index (Phi) is 7.07. The molecule has 220 valence electrons. The van der Waals surface area contributed by atoms with E-state index in [0.717, 1.165) is 29.9 Å². The average molecular weight is 605 g/mol. The second-order valence-corrected chi connectivity index (χ2v) is 10.8. The van der Waals surface area contributed by atoms with Crippen molar-refractivity contribution in [3.05, 3.63) is 82.6 Å². The summed E-state index contributed by atoms with van der Waals surface area (Å²) in [6.07, 6.45) is 2.75. The predicted octanol–water partition coefficient (Wildman–Crippen LogP) is 5.30. The molecule has 1 N–H and O–H groups in total. The highest BCUT2D eigenvalue weighted by Crippen LogP contribution is 2.30. The number of hydrogen-bond acceptors (Lipinski definition) is 9. The summed E-state index contributed by atoms with van der Waals surface area (Å²) in [6, 6.07) is 14.4. The summed E-state index contributed by atoms with van der Waals surface area (Å²) in [7, 11) is 0. The molecule has 0 radical (unpaired) electrons. The predicted molar refractivity (Wildman–Crippen MR) is 157 cm³/mol. The van der Waals surface area contributed by atoms with Gasteiger partial charge in [0.15, 0.2) is 0 Å². The number of hydrogen-bond donors (Lipinski definition) is 1. The number of aromatic nitrogens is 3. The summed E-state index contributed by atoms with van der Waals surface area (Å²) in [5, 5.41) is 16.9. The van der Waals surface area contributed by atoms with Crippen LogP contribution in [-0.4, -0.2) is 62.8 Å². The molecular weight excluding hydrogens is 579 g/mol. The number of halogens is 2. The van der Waals surface area contributed by atoms with E-state index in [1.807, 2.05) is 26.6 Å². The van der Waals surface area contributed by atoms with E-state index < -0.39 is 12.0 Å². The largest absolute Gasteiger partial charge is 0.478 e. The van der Waals surface area contributed by atoms with Gasteiger partial charge < -0.3 is 28.5 Å². The number of carbonyl (C=O) groups is 1. The van der Waals surface area contributed by atoms with Crippen molar-refractivity contribution in [3.63, 3.8) is 0 Å². The first-order valence-corrected chi connectivity index (χ1v) is 14.1. The molecule has 0 saturated carbocycles. The zero-order valence-electron chi connectivity index (χ0n) is 22.8. The van der Waals surface area contributed by atoms with Crippen LogP contribution < -0.4 is 9.64 Å². The molecule has 0 unspecified atom stereocenters. The molecule has 5 heterocycles. The van der Waals surface area contributed by atoms with Crippen LogP contribution >= 0.6 is 11.6 Å². The number of benzene rings is 2. The van der Waals surface area contributed by atoms with Gasteiger partial charge in [0.05, 0.1) is 47.4 Å². The number of carboxylic acid groups (broad SMARTS) is 1. The van der Waals surface area contributed by atoms with E-state index >= 15 is 0 Å². The monoisotopic (exact) mass is 604 g/mol. The van der Waals surface area contributed by atoms with E-state index in [1.165, 1.54) is 6.07 Å². The minimum absolute atomic E-state index is 0.0801. The minimum Gasteiger partial charge on any atom is -0.478 e. The van der Waals surface area contributed by atoms with Crippen LogP contribution in [0.1, 0.15) is 28.2 Å². The fourth-order valence-corrected chi connectivity index (χ4v) is 5.42. The third-order valence-electron chi connectivity index (χ3n) is 7.59. The van der Waals surface area contributed by atoms with Crippen molar-refractivity contribution in [1.29, 1.82) is 0 Å². The van der Waals surface area contributed by atoms with E-state index in [1.54, 1.807) is 42.7 Å². The van der Waals surface area contributed by atoms with Gasteiger partial charge in [-0.3, -0.25) is 5.01 Å². The zero-order valence-corrected chi connectivity index (χ0v) is 23.6. The second kappa shape index (κ2) is 11.2. The summed E-state index contributed by atoms with van der Waals surface area (Å²) in [5.41, 5.74) is 2.72. The van der Waals surface area contributed by atoms with E-state index in [-0.39, 0.29) is 18.3 Å². The second-order valence-electron chi connectivity index (χ2n) is 10.4. The lowest BCUT2D eigenvalue weighted by atomic mass is 10.1. The van der Waals surface area contributed by atoms with Crippen LogP contribution in [0.4, 0.5) is 10.2 Å². The Bertz CT molecular complexity index is 1870. The average Bonchev–Trinajstić information content (AvgIpc) is 3.55. The maximum atomic E-state index is 13.7. The molecule has 1 atom stereocenters. The highest BCUT2D eigenvalue weighted by Gasteiger charge is 2.24. The quantitative estimate of drug-likeness (QED) is 0.239. The highest BCUT2D eigenvalue weighted by atomic mass is 35.5. The topological polar surface area (TPSA) is 118 Å². The zero-order chi connectivity index (χ0) is 29.5. The van der Waals surface area contributed by atoms with Crippen LogP contribution in [0.15, 0.2) is 64.1 Å². The molecular formula is C30H26ClFN6O5. The molecule has 43 heavy (non-hydrogen) atoms. The summed E-state index contributed by atoms with van der Waals surface area (Å²) >= 11 is 6.16. The molecule has 13 heteroatoms. The first kappa shape index (κ1) is 27.2. The van der Waals surface area contributed by atoms with Gasteiger partial charge in [-0.1, -0.05) is 23.7 Å². The maximum Gasteiger partial charge on any atom is 0.335 e. The number of nitrogens with zero attached hydrogens (tertiary/aromatic N) is 6. The SMILES string of the molecule is O=C(O)c1ccc2nc(CN3CCN(c4cccc(OCc5ccc(Cl)c6cc(F)oc56)n4)C=N3)n(C[C@@H]3CCO3)c2c1. The number of anilines is 1. The Morgan fingerprint density at radius 2 is 2.02 bits per heavy atom. The molecule has 0 amide bonds. The number of aromatic carboxylic acids is 1. The Labute approximate surface area is 249 Å². The van der Waals surface area contributed by atoms with E-state index in [2.05, 4.69) is 10.1 Å². The van der Waals surface area contributed by atoms with Crippen molar-refractivity contribution in [2.24, 2.45) is 5.10 Å². The number of rotatable bonds is 9. The first-order chi connectivity index (χ1) is 20.9. The van der Waals surface area contributed by atoms with Crippen LogP contribution in [0.3, 0.4) is 0 Å². The number of carboxylic acids is 1. The third-order valence-corrected chi connectivity index (χ3v) is 7.92. The molecule has 0 aliphatic carbocycles. The van der Waals surface area contributed by atoms with E-state index in [4.69, 9.17) is 30.5 Å². The van der Waals surface area contributed by atoms with Crippen molar-refractivity contribution in [2.45, 2.75) is 32.2 Å². The van der Waals surface area contributed by atoms with E-state index in [0.29, 0.717) is 59.4 Å². The van der Waals surface area contributed by atoms with Crippen LogP contribution in [-0.2, 0) is 24.4 Å². The van der Waals surface area contributed by atoms with Crippen molar-refractivity contribution in [2.75, 3.05) is 24.6 Å². The molecule has 5 aromatic rings. The maximum absolute atomic E-state index is 13.7. The standard InChI is InChI=1S/C30H26ClFN6O5/c31-22-6-4-19(29-21(22)13-25(32)43-29)16-42-28-3-1-2-26(35-28)36-9-10-37(33-17-36)15-27-34-23-7-5-18(30(39)40)12-24(23)38(27)14-20-8-11-41-20/h1-7,12-13,17,20H,8-11,14-16H2,(H,39,40)/t20-/m0/s1. The summed E-state index contributed by atoms with van der Waals surface area (Å²) < 4.78 is 32.5. The Morgan fingerprint density at radius 3 is 2.79 bits per heavy atom. The van der Waals surface area contributed by atoms with Gasteiger partial charge in [0, 0.05) is 36.2 Å². The van der Waals surface area contributed by atoms with Gasteiger partial charge in [-0.2, -0.15) is 14.5 Å². The number of furan rings is 1. The van der Waals surface area contributed by atoms with Gasteiger partial charge in [-0.15, -0.1) is 0 Å². The molecule has 2 aliphatic heterocycles. The lowest BCUT2D eigenvalue weighted by Crippen LogP contribution is -2.38. The van der Waals surface area contributed by atoms with Crippen LogP contribution in [0.25, 0.3) is 22.0 Å². The summed E-state index contributed by atoms with van der Waals surface area (Å²) in [6.45, 7) is 3.14. The minimum atomic E-state index is -0.977. The molecule has 0 spiro atoms. The molecule has 11 nitrogen and oxygen atoms in total. The molecule has 3 aromatic heterocycles. The van der Waals surface area contributed by atoms with Crippen molar-refractivity contribution >= 4 is 51.7 Å². The summed E-state index contributed by atoms with van der Waals surface area (Å²) in [5.74, 6) is 0.882. The highest BCUT2D eigenvalue weighted by molar-refractivity contribution is 6.35. The van der Waals surface area contributed by atoms with Gasteiger partial charge in [0.1, 0.15) is 30.2 Å². The molecule has 7 rings (SSSR count). The molecule has 1 saturated heterocycles. The van der Waals surface area contributed by atoms with Gasteiger partial charge in [-0.05, 0) is 36.8 Å².